The van der Waals surface area contributed by atoms with Gasteiger partial charge in [0.2, 0.25) is 0 Å². The lowest BCUT2D eigenvalue weighted by atomic mass is 10.0. The van der Waals surface area contributed by atoms with Gasteiger partial charge in [0.1, 0.15) is 0 Å². The summed E-state index contributed by atoms with van der Waals surface area (Å²) in [6.07, 6.45) is 0.192. The third-order valence-electron chi connectivity index (χ3n) is 2.36. The Morgan fingerprint density at radius 1 is 1.59 bits per heavy atom. The molecule has 7 nitrogen and oxygen atoms in total. The molecular formula is C10H14N2O5. The van der Waals surface area contributed by atoms with E-state index in [0.717, 1.165) is 6.07 Å². The minimum atomic E-state index is -0.686. The zero-order valence-electron chi connectivity index (χ0n) is 9.29. The van der Waals surface area contributed by atoms with Crippen molar-refractivity contribution in [2.75, 3.05) is 13.7 Å². The van der Waals surface area contributed by atoms with Crippen LogP contribution >= 0.6 is 0 Å². The van der Waals surface area contributed by atoms with E-state index in [-0.39, 0.29) is 35.8 Å². The summed E-state index contributed by atoms with van der Waals surface area (Å²) in [6.45, 7) is -0.175. The Bertz CT molecular complexity index is 421. The molecular weight excluding hydrogens is 228 g/mol. The Morgan fingerprint density at radius 2 is 2.24 bits per heavy atom. The fourth-order valence-electron chi connectivity index (χ4n) is 1.45. The number of phenolic OH excluding ortho intramolecular Hbond substituents is 1. The van der Waals surface area contributed by atoms with Gasteiger partial charge in [-0.05, 0) is 6.42 Å². The van der Waals surface area contributed by atoms with E-state index in [1.807, 2.05) is 0 Å². The van der Waals surface area contributed by atoms with Gasteiger partial charge in [0.05, 0.1) is 18.1 Å². The second kappa shape index (κ2) is 5.46. The molecule has 0 unspecified atom stereocenters. The van der Waals surface area contributed by atoms with Crippen molar-refractivity contribution in [3.05, 3.63) is 27.8 Å². The average Bonchev–Trinajstić information content (AvgIpc) is 2.29. The lowest BCUT2D eigenvalue weighted by Gasteiger charge is -2.14. The van der Waals surface area contributed by atoms with Gasteiger partial charge in [0, 0.05) is 24.3 Å². The van der Waals surface area contributed by atoms with E-state index < -0.39 is 11.0 Å². The first kappa shape index (κ1) is 13.2. The third kappa shape index (κ3) is 2.83. The molecule has 0 aromatic heterocycles. The molecule has 0 amide bonds. The zero-order chi connectivity index (χ0) is 13.0. The van der Waals surface area contributed by atoms with Crippen LogP contribution in [0.5, 0.6) is 11.5 Å². The highest BCUT2D eigenvalue weighted by Gasteiger charge is 2.20. The quantitative estimate of drug-likeness (QED) is 0.516. The molecule has 94 valence electrons. The molecule has 17 heavy (non-hydrogen) atoms. The molecule has 0 radical (unpaired) electrons. The summed E-state index contributed by atoms with van der Waals surface area (Å²) in [5.74, 6) is -0.248. The first-order valence-electron chi connectivity index (χ1n) is 4.93. The van der Waals surface area contributed by atoms with E-state index in [4.69, 9.17) is 15.6 Å². The van der Waals surface area contributed by atoms with Crippen molar-refractivity contribution < 1.29 is 19.9 Å². The molecule has 0 saturated heterocycles. The minimum absolute atomic E-state index is 0.0115. The SMILES string of the molecule is COc1cc([N+](=O)[O-])cc([C@@H](N)CCO)c1O. The summed E-state index contributed by atoms with van der Waals surface area (Å²) >= 11 is 0. The summed E-state index contributed by atoms with van der Waals surface area (Å²) in [5, 5.41) is 29.2. The summed E-state index contributed by atoms with van der Waals surface area (Å²) < 4.78 is 4.83. The van der Waals surface area contributed by atoms with Crippen molar-refractivity contribution in [3.8, 4) is 11.5 Å². The third-order valence-corrected chi connectivity index (χ3v) is 2.36. The molecule has 0 aliphatic heterocycles. The van der Waals surface area contributed by atoms with Gasteiger partial charge in [0.15, 0.2) is 11.5 Å². The fraction of sp³-hybridized carbons (Fsp3) is 0.400. The lowest BCUT2D eigenvalue weighted by molar-refractivity contribution is -0.385. The molecule has 4 N–H and O–H groups in total. The van der Waals surface area contributed by atoms with Crippen LogP contribution < -0.4 is 10.5 Å². The number of non-ortho nitro benzene ring substituents is 1. The van der Waals surface area contributed by atoms with Crippen LogP contribution in [0.1, 0.15) is 18.0 Å². The maximum Gasteiger partial charge on any atom is 0.273 e. The van der Waals surface area contributed by atoms with Crippen molar-refractivity contribution in [2.45, 2.75) is 12.5 Å². The molecule has 1 rings (SSSR count). The Morgan fingerprint density at radius 3 is 2.71 bits per heavy atom. The van der Waals surface area contributed by atoms with E-state index in [9.17, 15) is 15.2 Å². The minimum Gasteiger partial charge on any atom is -0.504 e. The van der Waals surface area contributed by atoms with Gasteiger partial charge in [-0.3, -0.25) is 10.1 Å². The number of aliphatic hydroxyl groups excluding tert-OH is 1. The molecule has 0 heterocycles. The number of aromatic hydroxyl groups is 1. The van der Waals surface area contributed by atoms with E-state index in [1.165, 1.54) is 13.2 Å². The number of nitro benzene ring substituents is 1. The van der Waals surface area contributed by atoms with Crippen LogP contribution in [0.3, 0.4) is 0 Å². The summed E-state index contributed by atoms with van der Waals surface area (Å²) in [6, 6.07) is 1.61. The number of nitro groups is 1. The Labute approximate surface area is 97.6 Å². The number of rotatable bonds is 5. The average molecular weight is 242 g/mol. The van der Waals surface area contributed by atoms with Crippen LogP contribution in [0, 0.1) is 10.1 Å². The highest BCUT2D eigenvalue weighted by molar-refractivity contribution is 5.54. The monoisotopic (exact) mass is 242 g/mol. The van der Waals surface area contributed by atoms with Crippen LogP contribution in [0.15, 0.2) is 12.1 Å². The van der Waals surface area contributed by atoms with Gasteiger partial charge in [-0.25, -0.2) is 0 Å². The number of ether oxygens (including phenoxy) is 1. The van der Waals surface area contributed by atoms with Gasteiger partial charge >= 0.3 is 0 Å². The summed E-state index contributed by atoms with van der Waals surface area (Å²) in [4.78, 5) is 10.1. The number of hydrogen-bond donors (Lipinski definition) is 3. The molecule has 1 atom stereocenters. The van der Waals surface area contributed by atoms with Gasteiger partial charge in [-0.15, -0.1) is 0 Å². The van der Waals surface area contributed by atoms with Crippen molar-refractivity contribution in [1.29, 1.82) is 0 Å². The largest absolute Gasteiger partial charge is 0.504 e. The molecule has 1 aromatic carbocycles. The maximum atomic E-state index is 10.7. The summed E-state index contributed by atoms with van der Waals surface area (Å²) in [5.41, 5.74) is 5.67. The van der Waals surface area contributed by atoms with Crippen molar-refractivity contribution in [3.63, 3.8) is 0 Å². The first-order chi connectivity index (χ1) is 8.01. The number of phenols is 1. The predicted octanol–water partition coefficient (Wildman–Crippen LogP) is 0.691. The topological polar surface area (TPSA) is 119 Å². The molecule has 7 heteroatoms. The van der Waals surface area contributed by atoms with Crippen molar-refractivity contribution in [2.24, 2.45) is 5.73 Å². The van der Waals surface area contributed by atoms with Gasteiger partial charge < -0.3 is 20.7 Å². The highest BCUT2D eigenvalue weighted by Crippen LogP contribution is 2.37. The molecule has 0 bridgehead atoms. The standard InChI is InChI=1S/C10H14N2O5/c1-17-9-5-6(12(15)16)4-7(10(9)14)8(11)2-3-13/h4-5,8,13-14H,2-3,11H2,1H3/t8-/m0/s1. The zero-order valence-corrected chi connectivity index (χ0v) is 9.29. The maximum absolute atomic E-state index is 10.7. The Hall–Kier alpha value is -1.86. The van der Waals surface area contributed by atoms with Gasteiger partial charge in [-0.2, -0.15) is 0 Å². The molecule has 0 saturated carbocycles. The molecule has 1 aromatic rings. The van der Waals surface area contributed by atoms with Crippen LogP contribution in [-0.2, 0) is 0 Å². The van der Waals surface area contributed by atoms with E-state index >= 15 is 0 Å². The van der Waals surface area contributed by atoms with Crippen LogP contribution in [0.25, 0.3) is 0 Å². The van der Waals surface area contributed by atoms with E-state index in [1.54, 1.807) is 0 Å². The van der Waals surface area contributed by atoms with Crippen molar-refractivity contribution >= 4 is 5.69 Å². The predicted molar refractivity (Wildman–Crippen MR) is 59.9 cm³/mol. The molecule has 0 spiro atoms. The number of nitrogens with two attached hydrogens (primary N) is 1. The van der Waals surface area contributed by atoms with Gasteiger partial charge in [0.25, 0.3) is 5.69 Å². The van der Waals surface area contributed by atoms with Crippen molar-refractivity contribution in [1.82, 2.24) is 0 Å². The Balaban J connectivity index is 3.27. The van der Waals surface area contributed by atoms with Crippen LogP contribution in [0.2, 0.25) is 0 Å². The Kier molecular flexibility index (Phi) is 4.24. The van der Waals surface area contributed by atoms with E-state index in [0.29, 0.717) is 0 Å². The molecule has 0 fully saturated rings. The highest BCUT2D eigenvalue weighted by atomic mass is 16.6. The molecule has 0 aliphatic carbocycles. The first-order valence-corrected chi connectivity index (χ1v) is 4.93. The number of hydrogen-bond acceptors (Lipinski definition) is 6. The van der Waals surface area contributed by atoms with Crippen LogP contribution in [0.4, 0.5) is 5.69 Å². The van der Waals surface area contributed by atoms with Crippen LogP contribution in [-0.4, -0.2) is 28.9 Å². The van der Waals surface area contributed by atoms with E-state index in [2.05, 4.69) is 0 Å². The smallest absolute Gasteiger partial charge is 0.273 e. The second-order valence-corrected chi connectivity index (χ2v) is 3.46. The second-order valence-electron chi connectivity index (χ2n) is 3.46. The number of benzene rings is 1. The number of aliphatic hydroxyl groups is 1. The lowest BCUT2D eigenvalue weighted by Crippen LogP contribution is -2.12. The number of nitrogens with zero attached hydrogens (tertiary/aromatic N) is 1. The fourth-order valence-corrected chi connectivity index (χ4v) is 1.45. The normalized spacial score (nSPS) is 12.2. The van der Waals surface area contributed by atoms with Gasteiger partial charge in [-0.1, -0.05) is 0 Å². The molecule has 0 aliphatic rings. The number of methoxy groups -OCH3 is 1. The summed E-state index contributed by atoms with van der Waals surface area (Å²) in [7, 11) is 1.29.